The summed E-state index contributed by atoms with van der Waals surface area (Å²) in [6.45, 7) is 0. The lowest BCUT2D eigenvalue weighted by Crippen LogP contribution is -2.20. The molecule has 0 atom stereocenters. The SMILES string of the molecule is NC(N)=NBr. The van der Waals surface area contributed by atoms with Crippen LogP contribution in [0, 0.1) is 0 Å². The smallest absolute Gasteiger partial charge is 0.197 e. The van der Waals surface area contributed by atoms with E-state index in [1.165, 1.54) is 0 Å². The highest BCUT2D eigenvalue weighted by molar-refractivity contribution is 9.08. The first kappa shape index (κ1) is 4.75. The van der Waals surface area contributed by atoms with Gasteiger partial charge in [0.1, 0.15) is 0 Å². The summed E-state index contributed by atoms with van der Waals surface area (Å²) < 4.78 is 3.17. The van der Waals surface area contributed by atoms with Crippen molar-refractivity contribution in [2.45, 2.75) is 0 Å². The van der Waals surface area contributed by atoms with Gasteiger partial charge in [-0.3, -0.25) is 0 Å². The van der Waals surface area contributed by atoms with Crippen LogP contribution in [0.2, 0.25) is 0 Å². The highest BCUT2D eigenvalue weighted by Gasteiger charge is 1.63. The van der Waals surface area contributed by atoms with Crippen molar-refractivity contribution in [1.29, 1.82) is 0 Å². The van der Waals surface area contributed by atoms with Crippen LogP contribution in [0.15, 0.2) is 4.02 Å². The highest BCUT2D eigenvalue weighted by atomic mass is 79.9. The third kappa shape index (κ3) is 3.75. The van der Waals surface area contributed by atoms with Gasteiger partial charge in [-0.15, -0.1) is 0 Å². The molecular formula is CH4BrN3. The lowest BCUT2D eigenvalue weighted by atomic mass is 11.1. The number of hydrogen-bond acceptors (Lipinski definition) is 1. The molecule has 0 radical (unpaired) electrons. The van der Waals surface area contributed by atoms with Gasteiger partial charge < -0.3 is 11.5 Å². The van der Waals surface area contributed by atoms with Gasteiger partial charge in [-0.1, -0.05) is 0 Å². The van der Waals surface area contributed by atoms with Gasteiger partial charge in [-0.05, 0) is 0 Å². The Morgan fingerprint density at radius 1 is 1.60 bits per heavy atom. The third-order valence-corrected chi connectivity index (χ3v) is 0.507. The fourth-order valence-electron chi connectivity index (χ4n) is 0. The summed E-state index contributed by atoms with van der Waals surface area (Å²) in [6.07, 6.45) is 0. The van der Waals surface area contributed by atoms with Gasteiger partial charge in [0.2, 0.25) is 0 Å². The third-order valence-electron chi connectivity index (χ3n) is 0.0976. The minimum absolute atomic E-state index is 0.0463. The summed E-state index contributed by atoms with van der Waals surface area (Å²) in [6, 6.07) is 0. The number of rotatable bonds is 0. The van der Waals surface area contributed by atoms with Gasteiger partial charge in [0.05, 0.1) is 16.1 Å². The Morgan fingerprint density at radius 3 is 1.80 bits per heavy atom. The number of guanidine groups is 1. The van der Waals surface area contributed by atoms with Gasteiger partial charge in [-0.2, -0.15) is 4.02 Å². The summed E-state index contributed by atoms with van der Waals surface area (Å²) >= 11 is 2.65. The molecule has 0 bridgehead atoms. The predicted molar refractivity (Wildman–Crippen MR) is 24.7 cm³/mol. The maximum atomic E-state index is 4.77. The molecule has 0 saturated heterocycles. The second kappa shape index (κ2) is 2.02. The molecule has 0 aliphatic rings. The fourth-order valence-corrected chi connectivity index (χ4v) is 0. The summed E-state index contributed by atoms with van der Waals surface area (Å²) in [5, 5.41) is 0. The van der Waals surface area contributed by atoms with E-state index in [0.717, 1.165) is 0 Å². The van der Waals surface area contributed by atoms with E-state index in [0.29, 0.717) is 0 Å². The summed E-state index contributed by atoms with van der Waals surface area (Å²) in [5.74, 6) is 0.0463. The molecule has 0 rings (SSSR count). The zero-order valence-electron chi connectivity index (χ0n) is 2.48. The molecule has 0 amide bonds. The molecule has 0 aromatic heterocycles. The average molecular weight is 138 g/mol. The molecule has 0 aliphatic heterocycles. The first-order valence-electron chi connectivity index (χ1n) is 0.970. The first-order chi connectivity index (χ1) is 2.27. The lowest BCUT2D eigenvalue weighted by Gasteiger charge is -1.74. The van der Waals surface area contributed by atoms with Crippen molar-refractivity contribution in [3.05, 3.63) is 0 Å². The maximum Gasteiger partial charge on any atom is 0.197 e. The maximum absolute atomic E-state index is 4.77. The topological polar surface area (TPSA) is 64.4 Å². The molecule has 0 heterocycles. The quantitative estimate of drug-likeness (QED) is 0.352. The van der Waals surface area contributed by atoms with Crippen LogP contribution in [-0.2, 0) is 0 Å². The average Bonchev–Trinajstić information content (AvgIpc) is 1.38. The number of nitrogens with zero attached hydrogens (tertiary/aromatic N) is 1. The van der Waals surface area contributed by atoms with Gasteiger partial charge in [0.25, 0.3) is 0 Å². The van der Waals surface area contributed by atoms with Gasteiger partial charge in [0, 0.05) is 0 Å². The minimum Gasteiger partial charge on any atom is -0.369 e. The van der Waals surface area contributed by atoms with Crippen molar-refractivity contribution in [3.8, 4) is 0 Å². The molecule has 0 aromatic rings. The summed E-state index contributed by atoms with van der Waals surface area (Å²) in [7, 11) is 0. The molecular weight excluding hydrogens is 134 g/mol. The van der Waals surface area contributed by atoms with Crippen molar-refractivity contribution in [3.63, 3.8) is 0 Å². The van der Waals surface area contributed by atoms with Crippen LogP contribution in [0.25, 0.3) is 0 Å². The number of nitrogens with two attached hydrogens (primary N) is 2. The Bertz CT molecular complexity index is 44.9. The largest absolute Gasteiger partial charge is 0.369 e. The molecule has 0 spiro atoms. The summed E-state index contributed by atoms with van der Waals surface area (Å²) in [4.78, 5) is 0. The molecule has 4 N–H and O–H groups in total. The Kier molecular flexibility index (Phi) is 1.92. The second-order valence-electron chi connectivity index (χ2n) is 0.509. The van der Waals surface area contributed by atoms with E-state index >= 15 is 0 Å². The molecule has 0 fully saturated rings. The normalized spacial score (nSPS) is 6.60. The van der Waals surface area contributed by atoms with Crippen LogP contribution in [0.5, 0.6) is 0 Å². The highest BCUT2D eigenvalue weighted by Crippen LogP contribution is 1.72. The molecule has 0 aromatic carbocycles. The van der Waals surface area contributed by atoms with Crippen LogP contribution < -0.4 is 11.5 Å². The van der Waals surface area contributed by atoms with E-state index in [4.69, 9.17) is 11.5 Å². The van der Waals surface area contributed by atoms with E-state index in [2.05, 4.69) is 20.2 Å². The van der Waals surface area contributed by atoms with E-state index < -0.39 is 0 Å². The van der Waals surface area contributed by atoms with Crippen molar-refractivity contribution in [1.82, 2.24) is 0 Å². The Labute approximate surface area is 38.4 Å². The van der Waals surface area contributed by atoms with Crippen LogP contribution in [0.1, 0.15) is 0 Å². The lowest BCUT2D eigenvalue weighted by molar-refractivity contribution is 1.55. The van der Waals surface area contributed by atoms with E-state index in [1.54, 1.807) is 0 Å². The van der Waals surface area contributed by atoms with Crippen molar-refractivity contribution in [2.24, 2.45) is 15.5 Å². The van der Waals surface area contributed by atoms with Gasteiger partial charge in [0.15, 0.2) is 5.96 Å². The van der Waals surface area contributed by atoms with E-state index in [-0.39, 0.29) is 5.96 Å². The van der Waals surface area contributed by atoms with Crippen LogP contribution >= 0.6 is 16.1 Å². The minimum atomic E-state index is 0.0463. The first-order valence-corrected chi connectivity index (χ1v) is 1.68. The van der Waals surface area contributed by atoms with Crippen molar-refractivity contribution >= 4 is 22.1 Å². The molecule has 4 heteroatoms. The second-order valence-corrected chi connectivity index (χ2v) is 0.864. The monoisotopic (exact) mass is 137 g/mol. The molecule has 3 nitrogen and oxygen atoms in total. The van der Waals surface area contributed by atoms with Crippen molar-refractivity contribution in [2.75, 3.05) is 0 Å². The zero-order valence-corrected chi connectivity index (χ0v) is 4.07. The predicted octanol–water partition coefficient (Wildman–Crippen LogP) is -0.430. The Balaban J connectivity index is 3.14. The Morgan fingerprint density at radius 2 is 1.80 bits per heavy atom. The molecule has 5 heavy (non-hydrogen) atoms. The zero-order chi connectivity index (χ0) is 4.28. The fraction of sp³-hybridized carbons (Fsp3) is 0. The molecule has 0 unspecified atom stereocenters. The molecule has 0 aliphatic carbocycles. The number of halogens is 1. The van der Waals surface area contributed by atoms with E-state index in [9.17, 15) is 0 Å². The molecule has 30 valence electrons. The standard InChI is InChI=1S/CH4BrN3/c2-5-1(3)4/h(H4,3,4,5). The van der Waals surface area contributed by atoms with Crippen molar-refractivity contribution < 1.29 is 0 Å². The van der Waals surface area contributed by atoms with Gasteiger partial charge >= 0.3 is 0 Å². The Hall–Kier alpha value is -0.250. The van der Waals surface area contributed by atoms with E-state index in [1.807, 2.05) is 0 Å². The van der Waals surface area contributed by atoms with Crippen LogP contribution in [0.4, 0.5) is 0 Å². The van der Waals surface area contributed by atoms with Crippen LogP contribution in [0.3, 0.4) is 0 Å². The molecule has 0 saturated carbocycles. The van der Waals surface area contributed by atoms with Gasteiger partial charge in [-0.25, -0.2) is 0 Å². The summed E-state index contributed by atoms with van der Waals surface area (Å²) in [5.41, 5.74) is 9.55. The van der Waals surface area contributed by atoms with Crippen LogP contribution in [-0.4, -0.2) is 5.96 Å². The number of hydrogen-bond donors (Lipinski definition) is 2.